The van der Waals surface area contributed by atoms with Crippen LogP contribution in [0, 0.1) is 18.8 Å². The Morgan fingerprint density at radius 2 is 0.585 bits per heavy atom. The molecule has 0 heteroatoms. The molecule has 0 spiro atoms. The van der Waals surface area contributed by atoms with Crippen LogP contribution in [0.5, 0.6) is 0 Å². The molecule has 0 aromatic heterocycles. The molecule has 1 aliphatic rings. The fourth-order valence-electron chi connectivity index (χ4n) is 15.8. The second-order valence-electron chi connectivity index (χ2n) is 35.3. The van der Waals surface area contributed by atoms with Crippen molar-refractivity contribution in [2.75, 3.05) is 0 Å². The standard InChI is InChI=1S/2C17H16.C17H20.C15H22.C15H16.2C13H14.C11H16/c1-12(2)16-9-5-8-15-10-13-6-3-4-7-14(13)11-17(15)16;1-12(2)14-9-10-17-15(11-14)8-7-13-5-3-4-6-16(13)17;1-14(2)12-16-8-10-17(11-9-16)13-15-6-4-3-5-7-15;2*1-12(2)13-8-10-15(11-9-13)14-6-4-3-5-7-14;1-10(2)12-9-5-7-11-6-3-4-8-13(11)12;1-10(2)12-8-7-11-5-3-4-6-13(11)9-12;1-9(2)8-11-6-4-10(3)5-7-11/h2*3-12H,1-2H3;3-11,14H,12-13H2,1-2H3;8-12,14H,3-7H2,1-2H3;3-12H,1-2H3;2*3-10H,1-2H3;4-7,9H,8H2,1-3H3. The first kappa shape index (κ1) is 89.4. The maximum absolute atomic E-state index is 2.35. The van der Waals surface area contributed by atoms with Gasteiger partial charge in [-0.05, 0) is 241 Å². The number of hydrogen-bond donors (Lipinski definition) is 0. The normalized spacial score (nSPS) is 11.9. The van der Waals surface area contributed by atoms with E-state index in [9.17, 15) is 0 Å². The lowest BCUT2D eigenvalue weighted by Gasteiger charge is -2.22. The molecule has 0 amide bonds. The third kappa shape index (κ3) is 27.3. The van der Waals surface area contributed by atoms with E-state index >= 15 is 0 Å². The summed E-state index contributed by atoms with van der Waals surface area (Å²) in [4.78, 5) is 0. The first-order valence-electron chi connectivity index (χ1n) is 44.3. The fourth-order valence-corrected chi connectivity index (χ4v) is 15.8. The Labute approximate surface area is 711 Å². The molecule has 17 rings (SSSR count). The molecule has 0 bridgehead atoms. The summed E-state index contributed by atoms with van der Waals surface area (Å²) in [7, 11) is 0. The largest absolute Gasteiger partial charge is 0.0625 e. The van der Waals surface area contributed by atoms with E-state index in [1.807, 2.05) is 6.07 Å². The van der Waals surface area contributed by atoms with E-state index in [0.717, 1.165) is 24.2 Å². The van der Waals surface area contributed by atoms with E-state index in [4.69, 9.17) is 0 Å². The fraction of sp³-hybridized carbons (Fsp3) is 0.288. The van der Waals surface area contributed by atoms with E-state index in [-0.39, 0.29) is 0 Å². The van der Waals surface area contributed by atoms with Gasteiger partial charge in [0.15, 0.2) is 0 Å². The zero-order valence-electron chi connectivity index (χ0n) is 74.3. The van der Waals surface area contributed by atoms with Crippen molar-refractivity contribution in [3.63, 3.8) is 0 Å². The van der Waals surface area contributed by atoms with Gasteiger partial charge in [-0.2, -0.15) is 0 Å². The minimum absolute atomic E-state index is 0.569. The zero-order valence-corrected chi connectivity index (χ0v) is 74.3. The molecule has 1 fully saturated rings. The number of fused-ring (bicyclic) bond motifs is 7. The summed E-state index contributed by atoms with van der Waals surface area (Å²) in [5.41, 5.74) is 19.7. The molecule has 0 aliphatic heterocycles. The number of benzene rings is 16. The molecule has 0 nitrogen and oxygen atoms in total. The van der Waals surface area contributed by atoms with Crippen molar-refractivity contribution < 1.29 is 0 Å². The molecular weight excluding hydrogens is 1420 g/mol. The maximum Gasteiger partial charge on any atom is -0.00258 e. The summed E-state index contributed by atoms with van der Waals surface area (Å²) >= 11 is 0. The van der Waals surface area contributed by atoms with Crippen LogP contribution in [0.15, 0.2) is 352 Å². The highest BCUT2D eigenvalue weighted by Gasteiger charge is 2.16. The number of hydrogen-bond acceptors (Lipinski definition) is 0. The molecule has 0 radical (unpaired) electrons. The summed E-state index contributed by atoms with van der Waals surface area (Å²) in [6.07, 6.45) is 10.5. The lowest BCUT2D eigenvalue weighted by molar-refractivity contribution is 0.443. The Bertz CT molecular complexity index is 5600. The highest BCUT2D eigenvalue weighted by molar-refractivity contribution is 6.07. The molecule has 0 saturated heterocycles. The van der Waals surface area contributed by atoms with Crippen molar-refractivity contribution in [2.24, 2.45) is 11.8 Å². The van der Waals surface area contributed by atoms with Gasteiger partial charge < -0.3 is 0 Å². The van der Waals surface area contributed by atoms with Crippen molar-refractivity contribution in [1.82, 2.24) is 0 Å². The smallest absolute Gasteiger partial charge is 0.00258 e. The molecule has 0 heterocycles. The molecule has 16 aromatic carbocycles. The van der Waals surface area contributed by atoms with Crippen LogP contribution in [0.1, 0.15) is 251 Å². The van der Waals surface area contributed by atoms with Crippen molar-refractivity contribution in [2.45, 2.75) is 210 Å². The zero-order chi connectivity index (χ0) is 83.9. The lowest BCUT2D eigenvalue weighted by Crippen LogP contribution is -2.04. The predicted octanol–water partition coefficient (Wildman–Crippen LogP) is 35.2. The lowest BCUT2D eigenvalue weighted by atomic mass is 9.83. The van der Waals surface area contributed by atoms with Crippen LogP contribution < -0.4 is 0 Å². The Hall–Kier alpha value is -10.9. The van der Waals surface area contributed by atoms with Crippen molar-refractivity contribution >= 4 is 64.6 Å². The quantitative estimate of drug-likeness (QED) is 0.0752. The van der Waals surface area contributed by atoms with Gasteiger partial charge in [-0.3, -0.25) is 0 Å². The van der Waals surface area contributed by atoms with Crippen LogP contribution in [0.3, 0.4) is 0 Å². The van der Waals surface area contributed by atoms with Gasteiger partial charge >= 0.3 is 0 Å². The van der Waals surface area contributed by atoms with Crippen molar-refractivity contribution in [3.05, 3.63) is 419 Å². The number of rotatable bonds is 14. The molecule has 606 valence electrons. The van der Waals surface area contributed by atoms with Crippen LogP contribution in [0.4, 0.5) is 0 Å². The van der Waals surface area contributed by atoms with E-state index in [1.165, 1.54) is 182 Å². The van der Waals surface area contributed by atoms with E-state index in [1.54, 1.807) is 5.56 Å². The molecule has 16 aromatic rings. The highest BCUT2D eigenvalue weighted by Crippen LogP contribution is 2.35. The average Bonchev–Trinajstić information content (AvgIpc) is 0.788. The molecule has 0 unspecified atom stereocenters. The van der Waals surface area contributed by atoms with Crippen LogP contribution in [0.2, 0.25) is 0 Å². The van der Waals surface area contributed by atoms with Crippen LogP contribution in [-0.2, 0) is 19.3 Å². The van der Waals surface area contributed by atoms with Gasteiger partial charge in [-0.25, -0.2) is 0 Å². The molecule has 1 aliphatic carbocycles. The van der Waals surface area contributed by atoms with E-state index < -0.39 is 0 Å². The number of aryl methyl sites for hydroxylation is 1. The predicted molar refractivity (Wildman–Crippen MR) is 523 cm³/mol. The Morgan fingerprint density at radius 3 is 1.12 bits per heavy atom. The molecular formula is C118H134. The minimum Gasteiger partial charge on any atom is -0.0625 e. The van der Waals surface area contributed by atoms with E-state index in [0.29, 0.717) is 35.5 Å². The Balaban J connectivity index is 0.000000143. The Morgan fingerprint density at radius 1 is 0.229 bits per heavy atom. The van der Waals surface area contributed by atoms with E-state index in [2.05, 4.69) is 463 Å². The van der Waals surface area contributed by atoms with Gasteiger partial charge in [0.2, 0.25) is 0 Å². The van der Waals surface area contributed by atoms with Crippen LogP contribution >= 0.6 is 0 Å². The summed E-state index contributed by atoms with van der Waals surface area (Å²) in [5.74, 6) is 5.98. The second-order valence-corrected chi connectivity index (χ2v) is 35.3. The van der Waals surface area contributed by atoms with Crippen molar-refractivity contribution in [1.29, 1.82) is 0 Å². The van der Waals surface area contributed by atoms with Gasteiger partial charge in [0, 0.05) is 0 Å². The molecule has 118 heavy (non-hydrogen) atoms. The van der Waals surface area contributed by atoms with Gasteiger partial charge in [0.05, 0.1) is 0 Å². The second kappa shape index (κ2) is 45.7. The third-order valence-corrected chi connectivity index (χ3v) is 22.8. The molecule has 0 atom stereocenters. The highest BCUT2D eigenvalue weighted by atomic mass is 14.2. The van der Waals surface area contributed by atoms with Gasteiger partial charge in [0.1, 0.15) is 0 Å². The van der Waals surface area contributed by atoms with Gasteiger partial charge in [-0.15, -0.1) is 0 Å². The molecule has 1 saturated carbocycles. The summed E-state index contributed by atoms with van der Waals surface area (Å²) < 4.78 is 0. The maximum atomic E-state index is 2.35. The topological polar surface area (TPSA) is 0 Å². The van der Waals surface area contributed by atoms with Gasteiger partial charge in [-0.1, -0.05) is 475 Å². The summed E-state index contributed by atoms with van der Waals surface area (Å²) in [6, 6.07) is 127. The average molecular weight is 1550 g/mol. The summed E-state index contributed by atoms with van der Waals surface area (Å²) in [6.45, 7) is 38.0. The monoisotopic (exact) mass is 1550 g/mol. The van der Waals surface area contributed by atoms with Crippen LogP contribution in [0.25, 0.3) is 75.8 Å². The first-order chi connectivity index (χ1) is 57.0. The first-order valence-corrected chi connectivity index (χ1v) is 44.3. The van der Waals surface area contributed by atoms with Crippen LogP contribution in [-0.4, -0.2) is 0 Å². The van der Waals surface area contributed by atoms with Crippen molar-refractivity contribution in [3.8, 4) is 11.1 Å². The minimum atomic E-state index is 0.569. The SMILES string of the molecule is CC(C)Cc1ccc(Cc2ccccc2)cc1.CC(C)c1ccc(-c2ccccc2)cc1.CC(C)c1ccc(C2CCCCC2)cc1.CC(C)c1ccc2c(ccc3ccccc32)c1.CC(C)c1ccc2ccccc2c1.CC(C)c1cccc2cc3ccccc3cc12.CC(C)c1cccc2ccccc12.Cc1ccc(CC(C)C)cc1. The Kier molecular flexibility index (Phi) is 34.6. The van der Waals surface area contributed by atoms with Gasteiger partial charge in [0.25, 0.3) is 0 Å². The molecule has 0 N–H and O–H groups in total. The summed E-state index contributed by atoms with van der Waals surface area (Å²) in [5, 5.41) is 16.1. The third-order valence-electron chi connectivity index (χ3n) is 22.8.